The average Bonchev–Trinajstić information content (AvgIpc) is 2.85. The highest BCUT2D eigenvalue weighted by Gasteiger charge is 2.07. The fourth-order valence-electron chi connectivity index (χ4n) is 1.61. The van der Waals surface area contributed by atoms with Gasteiger partial charge >= 0.3 is 0 Å². The SMILES string of the molecule is CCNCc1ncc(-c2ccc([N+](=O)[O-])cc2)[nH]1. The van der Waals surface area contributed by atoms with Crippen LogP contribution in [-0.4, -0.2) is 21.4 Å². The maximum atomic E-state index is 10.5. The van der Waals surface area contributed by atoms with E-state index < -0.39 is 4.92 Å². The van der Waals surface area contributed by atoms with E-state index in [1.165, 1.54) is 12.1 Å². The Bertz CT molecular complexity index is 533. The van der Waals surface area contributed by atoms with E-state index in [9.17, 15) is 10.1 Å². The standard InChI is InChI=1S/C12H14N4O2/c1-2-13-8-12-14-7-11(15-12)9-3-5-10(6-4-9)16(17)18/h3-7,13H,2,8H2,1H3,(H,14,15). The first-order valence-corrected chi connectivity index (χ1v) is 5.70. The number of H-pyrrole nitrogens is 1. The van der Waals surface area contributed by atoms with Gasteiger partial charge in [-0.25, -0.2) is 4.98 Å². The molecule has 0 bridgehead atoms. The maximum Gasteiger partial charge on any atom is 0.269 e. The minimum Gasteiger partial charge on any atom is -0.341 e. The Labute approximate surface area is 104 Å². The Hall–Kier alpha value is -2.21. The number of nitro groups is 1. The van der Waals surface area contributed by atoms with Crippen molar-refractivity contribution < 1.29 is 4.92 Å². The third-order valence-electron chi connectivity index (χ3n) is 2.56. The summed E-state index contributed by atoms with van der Waals surface area (Å²) in [6.45, 7) is 3.59. The lowest BCUT2D eigenvalue weighted by Gasteiger charge is -1.98. The van der Waals surface area contributed by atoms with Crippen molar-refractivity contribution >= 4 is 5.69 Å². The molecule has 1 aromatic heterocycles. The molecule has 6 heteroatoms. The van der Waals surface area contributed by atoms with E-state index in [4.69, 9.17) is 0 Å². The first kappa shape index (κ1) is 12.3. The Morgan fingerprint density at radius 2 is 2.11 bits per heavy atom. The van der Waals surface area contributed by atoms with Crippen molar-refractivity contribution in [3.8, 4) is 11.3 Å². The van der Waals surface area contributed by atoms with Crippen LogP contribution in [-0.2, 0) is 6.54 Å². The quantitative estimate of drug-likeness (QED) is 0.625. The fourth-order valence-corrected chi connectivity index (χ4v) is 1.61. The molecule has 0 saturated heterocycles. The van der Waals surface area contributed by atoms with Gasteiger partial charge in [0.2, 0.25) is 0 Å². The lowest BCUT2D eigenvalue weighted by atomic mass is 10.1. The number of non-ortho nitro benzene ring substituents is 1. The number of hydrogen-bond acceptors (Lipinski definition) is 4. The van der Waals surface area contributed by atoms with Crippen LogP contribution in [0.2, 0.25) is 0 Å². The van der Waals surface area contributed by atoms with Crippen molar-refractivity contribution in [1.82, 2.24) is 15.3 Å². The number of rotatable bonds is 5. The summed E-state index contributed by atoms with van der Waals surface area (Å²) < 4.78 is 0. The Morgan fingerprint density at radius 1 is 1.39 bits per heavy atom. The minimum absolute atomic E-state index is 0.0890. The number of nitrogens with zero attached hydrogens (tertiary/aromatic N) is 2. The predicted octanol–water partition coefficient (Wildman–Crippen LogP) is 2.09. The van der Waals surface area contributed by atoms with Crippen molar-refractivity contribution in [1.29, 1.82) is 0 Å². The Balaban J connectivity index is 2.15. The number of benzene rings is 1. The molecule has 0 aliphatic heterocycles. The van der Waals surface area contributed by atoms with E-state index in [-0.39, 0.29) is 5.69 Å². The Morgan fingerprint density at radius 3 is 2.72 bits per heavy atom. The molecule has 0 saturated carbocycles. The maximum absolute atomic E-state index is 10.5. The lowest BCUT2D eigenvalue weighted by molar-refractivity contribution is -0.384. The summed E-state index contributed by atoms with van der Waals surface area (Å²) in [5.74, 6) is 0.852. The molecule has 2 N–H and O–H groups in total. The van der Waals surface area contributed by atoms with Gasteiger partial charge in [-0.05, 0) is 18.7 Å². The van der Waals surface area contributed by atoms with E-state index in [2.05, 4.69) is 15.3 Å². The molecule has 0 unspecified atom stereocenters. The number of aromatic nitrogens is 2. The molecular weight excluding hydrogens is 232 g/mol. The number of nitro benzene ring substituents is 1. The van der Waals surface area contributed by atoms with Crippen LogP contribution >= 0.6 is 0 Å². The summed E-state index contributed by atoms with van der Waals surface area (Å²) in [5, 5.41) is 13.7. The summed E-state index contributed by atoms with van der Waals surface area (Å²) in [5.41, 5.74) is 1.83. The zero-order chi connectivity index (χ0) is 13.0. The summed E-state index contributed by atoms with van der Waals surface area (Å²) >= 11 is 0. The third kappa shape index (κ3) is 2.72. The third-order valence-corrected chi connectivity index (χ3v) is 2.56. The zero-order valence-electron chi connectivity index (χ0n) is 10.0. The van der Waals surface area contributed by atoms with Gasteiger partial charge in [0, 0.05) is 17.7 Å². The molecule has 0 atom stereocenters. The molecule has 0 radical (unpaired) electrons. The largest absolute Gasteiger partial charge is 0.341 e. The van der Waals surface area contributed by atoms with Gasteiger partial charge in [0.1, 0.15) is 5.82 Å². The number of nitrogens with one attached hydrogen (secondary N) is 2. The molecule has 0 spiro atoms. The molecular formula is C12H14N4O2. The molecule has 0 aliphatic rings. The topological polar surface area (TPSA) is 83.8 Å². The van der Waals surface area contributed by atoms with Gasteiger partial charge in [-0.15, -0.1) is 0 Å². The smallest absolute Gasteiger partial charge is 0.269 e. The normalized spacial score (nSPS) is 10.5. The molecule has 2 aromatic rings. The van der Waals surface area contributed by atoms with Gasteiger partial charge < -0.3 is 10.3 Å². The van der Waals surface area contributed by atoms with Crippen LogP contribution in [0.25, 0.3) is 11.3 Å². The molecule has 2 rings (SSSR count). The second kappa shape index (κ2) is 5.42. The summed E-state index contributed by atoms with van der Waals surface area (Å²) in [4.78, 5) is 17.5. The van der Waals surface area contributed by atoms with Gasteiger partial charge in [0.05, 0.1) is 23.4 Å². The van der Waals surface area contributed by atoms with Gasteiger partial charge in [-0.2, -0.15) is 0 Å². The van der Waals surface area contributed by atoms with Crippen molar-refractivity contribution in [3.05, 3.63) is 46.4 Å². The second-order valence-corrected chi connectivity index (χ2v) is 3.83. The zero-order valence-corrected chi connectivity index (χ0v) is 10.0. The van der Waals surface area contributed by atoms with Crippen LogP contribution < -0.4 is 5.32 Å². The van der Waals surface area contributed by atoms with Crippen LogP contribution in [0.1, 0.15) is 12.7 Å². The monoisotopic (exact) mass is 246 g/mol. The molecule has 6 nitrogen and oxygen atoms in total. The van der Waals surface area contributed by atoms with Crippen molar-refractivity contribution in [2.24, 2.45) is 0 Å². The van der Waals surface area contributed by atoms with Crippen molar-refractivity contribution in [2.45, 2.75) is 13.5 Å². The van der Waals surface area contributed by atoms with Crippen LogP contribution in [0.5, 0.6) is 0 Å². The van der Waals surface area contributed by atoms with Crippen molar-refractivity contribution in [2.75, 3.05) is 6.54 Å². The molecule has 0 aliphatic carbocycles. The summed E-state index contributed by atoms with van der Waals surface area (Å²) in [6, 6.07) is 6.39. The van der Waals surface area contributed by atoms with Crippen LogP contribution in [0.15, 0.2) is 30.5 Å². The van der Waals surface area contributed by atoms with Crippen molar-refractivity contribution in [3.63, 3.8) is 0 Å². The van der Waals surface area contributed by atoms with E-state index >= 15 is 0 Å². The van der Waals surface area contributed by atoms with Crippen LogP contribution in [0.3, 0.4) is 0 Å². The predicted molar refractivity (Wildman–Crippen MR) is 68.1 cm³/mol. The lowest BCUT2D eigenvalue weighted by Crippen LogP contribution is -2.12. The fraction of sp³-hybridized carbons (Fsp3) is 0.250. The first-order valence-electron chi connectivity index (χ1n) is 5.70. The van der Waals surface area contributed by atoms with E-state index in [1.807, 2.05) is 6.92 Å². The van der Waals surface area contributed by atoms with Gasteiger partial charge in [0.25, 0.3) is 5.69 Å². The molecule has 18 heavy (non-hydrogen) atoms. The van der Waals surface area contributed by atoms with Gasteiger partial charge in [0.15, 0.2) is 0 Å². The summed E-state index contributed by atoms with van der Waals surface area (Å²) in [7, 11) is 0. The van der Waals surface area contributed by atoms with E-state index in [1.54, 1.807) is 18.3 Å². The van der Waals surface area contributed by atoms with Crippen LogP contribution in [0, 0.1) is 10.1 Å². The highest BCUT2D eigenvalue weighted by atomic mass is 16.6. The van der Waals surface area contributed by atoms with E-state index in [0.717, 1.165) is 23.6 Å². The number of imidazole rings is 1. The highest BCUT2D eigenvalue weighted by molar-refractivity contribution is 5.60. The first-order chi connectivity index (χ1) is 8.70. The van der Waals surface area contributed by atoms with Gasteiger partial charge in [-0.3, -0.25) is 10.1 Å². The van der Waals surface area contributed by atoms with Crippen LogP contribution in [0.4, 0.5) is 5.69 Å². The Kier molecular flexibility index (Phi) is 3.69. The highest BCUT2D eigenvalue weighted by Crippen LogP contribution is 2.20. The molecule has 1 aromatic carbocycles. The average molecular weight is 246 g/mol. The number of aromatic amines is 1. The summed E-state index contributed by atoms with van der Waals surface area (Å²) in [6.07, 6.45) is 1.73. The minimum atomic E-state index is -0.409. The van der Waals surface area contributed by atoms with Gasteiger partial charge in [-0.1, -0.05) is 6.92 Å². The molecule has 94 valence electrons. The van der Waals surface area contributed by atoms with E-state index in [0.29, 0.717) is 6.54 Å². The second-order valence-electron chi connectivity index (χ2n) is 3.83. The molecule has 1 heterocycles. The molecule has 0 fully saturated rings. The molecule has 0 amide bonds. The number of hydrogen-bond donors (Lipinski definition) is 2.